The van der Waals surface area contributed by atoms with Crippen LogP contribution in [0.25, 0.3) is 0 Å². The van der Waals surface area contributed by atoms with Gasteiger partial charge in [0.15, 0.2) is 6.79 Å². The van der Waals surface area contributed by atoms with Crippen LogP contribution >= 0.6 is 0 Å². The van der Waals surface area contributed by atoms with E-state index in [4.69, 9.17) is 14.2 Å². The molecule has 0 radical (unpaired) electrons. The Labute approximate surface area is 235 Å². The zero-order chi connectivity index (χ0) is 27.4. The topological polar surface area (TPSA) is 61.8 Å². The fraction of sp³-hybridized carbons (Fsp3) is 0.941. The van der Waals surface area contributed by atoms with E-state index >= 15 is 0 Å². The van der Waals surface area contributed by atoms with Gasteiger partial charge >= 0.3 is 11.9 Å². The Morgan fingerprint density at radius 1 is 0.821 bits per heavy atom. The summed E-state index contributed by atoms with van der Waals surface area (Å²) in [5.74, 6) is 7.03. The van der Waals surface area contributed by atoms with E-state index in [1.165, 1.54) is 38.5 Å². The van der Waals surface area contributed by atoms with Crippen LogP contribution in [-0.4, -0.2) is 31.9 Å². The monoisotopic (exact) mass is 540 g/mol. The van der Waals surface area contributed by atoms with Crippen LogP contribution in [0.3, 0.4) is 0 Å². The molecule has 5 nitrogen and oxygen atoms in total. The summed E-state index contributed by atoms with van der Waals surface area (Å²) in [6.07, 6.45) is 9.90. The summed E-state index contributed by atoms with van der Waals surface area (Å²) in [7, 11) is 1.56. The first-order valence-corrected chi connectivity index (χ1v) is 16.5. The average Bonchev–Trinajstić information content (AvgIpc) is 3.72. The first-order valence-electron chi connectivity index (χ1n) is 16.5. The van der Waals surface area contributed by atoms with Gasteiger partial charge in [0.2, 0.25) is 0 Å². The zero-order valence-corrected chi connectivity index (χ0v) is 25.1. The Balaban J connectivity index is 1.17. The maximum Gasteiger partial charge on any atom is 0.312 e. The minimum atomic E-state index is -0.362. The molecule has 0 aromatic carbocycles. The van der Waals surface area contributed by atoms with E-state index in [9.17, 15) is 9.59 Å². The molecule has 6 bridgehead atoms. The number of hydrogen-bond donors (Lipinski definition) is 0. The number of esters is 2. The van der Waals surface area contributed by atoms with Crippen molar-refractivity contribution in [2.75, 3.05) is 13.9 Å². The van der Waals surface area contributed by atoms with Gasteiger partial charge in [-0.25, -0.2) is 0 Å². The second kappa shape index (κ2) is 9.46. The highest BCUT2D eigenvalue weighted by Crippen LogP contribution is 2.75. The largest absolute Gasteiger partial charge is 0.462 e. The lowest BCUT2D eigenvalue weighted by atomic mass is 9.52. The van der Waals surface area contributed by atoms with Gasteiger partial charge in [0.25, 0.3) is 0 Å². The molecule has 15 atom stereocenters. The van der Waals surface area contributed by atoms with Gasteiger partial charge in [-0.05, 0) is 121 Å². The van der Waals surface area contributed by atoms with Crippen LogP contribution in [0.5, 0.6) is 0 Å². The molecular weight excluding hydrogens is 488 g/mol. The molecule has 7 fully saturated rings. The number of fused-ring (bicyclic) bond motifs is 14. The molecule has 0 spiro atoms. The molecule has 0 aromatic heterocycles. The van der Waals surface area contributed by atoms with Crippen molar-refractivity contribution in [2.45, 2.75) is 92.1 Å². The summed E-state index contributed by atoms with van der Waals surface area (Å²) in [5.41, 5.74) is 0.297. The summed E-state index contributed by atoms with van der Waals surface area (Å²) < 4.78 is 17.2. The van der Waals surface area contributed by atoms with Gasteiger partial charge in [0, 0.05) is 7.11 Å². The number of carbonyl (C=O) groups is 2. The van der Waals surface area contributed by atoms with Crippen molar-refractivity contribution in [2.24, 2.45) is 94.2 Å². The maximum absolute atomic E-state index is 14.2. The third-order valence-corrected chi connectivity index (χ3v) is 14.3. The highest BCUT2D eigenvalue weighted by atomic mass is 16.7. The Hall–Kier alpha value is -1.10. The summed E-state index contributed by atoms with van der Waals surface area (Å²) in [6, 6.07) is 0. The predicted molar refractivity (Wildman–Crippen MR) is 148 cm³/mol. The van der Waals surface area contributed by atoms with Gasteiger partial charge in [-0.1, -0.05) is 47.5 Å². The molecule has 7 rings (SSSR count). The Morgan fingerprint density at radius 3 is 2.18 bits per heavy atom. The summed E-state index contributed by atoms with van der Waals surface area (Å²) >= 11 is 0. The first kappa shape index (κ1) is 26.8. The molecule has 7 aliphatic rings. The van der Waals surface area contributed by atoms with Crippen molar-refractivity contribution in [3.63, 3.8) is 0 Å². The van der Waals surface area contributed by atoms with Gasteiger partial charge in [-0.2, -0.15) is 0 Å². The SMILES string of the molecule is CCC(C)(C)C1C2CC(C3C4CC(C(C(=O)OCOC)C4C(=O)OC4CC5CC4C4CCCC54)C23)C1C(C)C. The molecule has 0 aliphatic heterocycles. The Kier molecular flexibility index (Phi) is 6.50. The van der Waals surface area contributed by atoms with E-state index in [1.54, 1.807) is 7.11 Å². The Morgan fingerprint density at radius 2 is 1.49 bits per heavy atom. The lowest BCUT2D eigenvalue weighted by molar-refractivity contribution is -0.179. The highest BCUT2D eigenvalue weighted by molar-refractivity contribution is 5.84. The second-order valence-electron chi connectivity index (χ2n) is 16.0. The first-order chi connectivity index (χ1) is 18.7. The van der Waals surface area contributed by atoms with Crippen LogP contribution in [0.2, 0.25) is 0 Å². The third kappa shape index (κ3) is 3.72. The van der Waals surface area contributed by atoms with Gasteiger partial charge < -0.3 is 14.2 Å². The lowest BCUT2D eigenvalue weighted by Crippen LogP contribution is -2.51. The Bertz CT molecular complexity index is 988. The third-order valence-electron chi connectivity index (χ3n) is 14.3. The number of methoxy groups -OCH3 is 1. The smallest absolute Gasteiger partial charge is 0.312 e. The van der Waals surface area contributed by atoms with Crippen molar-refractivity contribution in [3.05, 3.63) is 0 Å². The van der Waals surface area contributed by atoms with E-state index < -0.39 is 0 Å². The molecule has 0 aromatic rings. The molecule has 0 amide bonds. The van der Waals surface area contributed by atoms with Crippen molar-refractivity contribution < 1.29 is 23.8 Å². The van der Waals surface area contributed by atoms with Crippen LogP contribution in [0.4, 0.5) is 0 Å². The predicted octanol–water partition coefficient (Wildman–Crippen LogP) is 6.59. The highest BCUT2D eigenvalue weighted by Gasteiger charge is 2.73. The van der Waals surface area contributed by atoms with Crippen molar-refractivity contribution >= 4 is 11.9 Å². The zero-order valence-electron chi connectivity index (χ0n) is 25.1. The van der Waals surface area contributed by atoms with E-state index in [0.29, 0.717) is 52.8 Å². The fourth-order valence-electron chi connectivity index (χ4n) is 13.2. The number of ether oxygens (including phenoxy) is 3. The fourth-order valence-corrected chi connectivity index (χ4v) is 13.2. The number of carbonyl (C=O) groups excluding carboxylic acids is 2. The maximum atomic E-state index is 14.2. The molecule has 5 heteroatoms. The van der Waals surface area contributed by atoms with E-state index in [-0.39, 0.29) is 48.5 Å². The van der Waals surface area contributed by atoms with Crippen LogP contribution in [0.15, 0.2) is 0 Å². The van der Waals surface area contributed by atoms with Gasteiger partial charge in [0.1, 0.15) is 6.10 Å². The average molecular weight is 541 g/mol. The quantitative estimate of drug-likeness (QED) is 0.197. The van der Waals surface area contributed by atoms with Crippen LogP contribution in [-0.2, 0) is 23.8 Å². The normalized spacial score (nSPS) is 50.6. The van der Waals surface area contributed by atoms with Crippen molar-refractivity contribution in [1.29, 1.82) is 0 Å². The molecule has 0 heterocycles. The molecule has 0 N–H and O–H groups in total. The van der Waals surface area contributed by atoms with Gasteiger partial charge in [-0.15, -0.1) is 0 Å². The van der Waals surface area contributed by atoms with Crippen molar-refractivity contribution in [3.8, 4) is 0 Å². The van der Waals surface area contributed by atoms with E-state index in [0.717, 1.165) is 30.6 Å². The molecule has 218 valence electrons. The van der Waals surface area contributed by atoms with Crippen LogP contribution in [0, 0.1) is 94.2 Å². The van der Waals surface area contributed by atoms with E-state index in [1.807, 2.05) is 0 Å². The summed E-state index contributed by atoms with van der Waals surface area (Å²) in [4.78, 5) is 27.8. The van der Waals surface area contributed by atoms with Crippen molar-refractivity contribution in [1.82, 2.24) is 0 Å². The minimum absolute atomic E-state index is 0.0367. The lowest BCUT2D eigenvalue weighted by Gasteiger charge is -2.52. The van der Waals surface area contributed by atoms with Crippen LogP contribution < -0.4 is 0 Å². The number of hydrogen-bond acceptors (Lipinski definition) is 5. The molecule has 7 saturated carbocycles. The summed E-state index contributed by atoms with van der Waals surface area (Å²) in [5, 5.41) is 0. The standard InChI is InChI=1S/C34H52O5/c1-7-34(4,5)31-24-14-21(26(31)16(2)3)27-22-13-23(28(24)27)29(32(35)38-15-37-6)30(22)33(36)39-25-12-17-11-20(25)19-10-8-9-18(17)19/h16-31H,7-15H2,1-6H3. The molecular formula is C34H52O5. The van der Waals surface area contributed by atoms with Gasteiger partial charge in [0.05, 0.1) is 11.8 Å². The van der Waals surface area contributed by atoms with Crippen LogP contribution in [0.1, 0.15) is 86.0 Å². The number of rotatable bonds is 8. The molecule has 7 aliphatic carbocycles. The molecule has 0 saturated heterocycles. The minimum Gasteiger partial charge on any atom is -0.462 e. The summed E-state index contributed by atoms with van der Waals surface area (Å²) in [6.45, 7) is 12.1. The second-order valence-corrected chi connectivity index (χ2v) is 16.0. The molecule has 39 heavy (non-hydrogen) atoms. The molecule has 15 unspecified atom stereocenters. The van der Waals surface area contributed by atoms with E-state index in [2.05, 4.69) is 34.6 Å². The van der Waals surface area contributed by atoms with Gasteiger partial charge in [-0.3, -0.25) is 9.59 Å².